The number of sulfonamides is 1. The lowest BCUT2D eigenvalue weighted by Crippen LogP contribution is -2.13. The van der Waals surface area contributed by atoms with Crippen LogP contribution in [0.15, 0.2) is 51.8 Å². The number of hydrogen-bond acceptors (Lipinski definition) is 2. The molecule has 3 nitrogen and oxygen atoms in total. The molecule has 100 valence electrons. The molecular weight excluding hydrogens is 340 g/mol. The molecule has 0 unspecified atom stereocenters. The van der Waals surface area contributed by atoms with Crippen molar-refractivity contribution in [1.29, 1.82) is 0 Å². The number of para-hydroxylation sites is 1. The maximum Gasteiger partial charge on any atom is 0.262 e. The largest absolute Gasteiger partial charge is 0.278 e. The molecule has 0 spiro atoms. The van der Waals surface area contributed by atoms with Crippen molar-refractivity contribution in [2.75, 3.05) is 4.72 Å². The van der Waals surface area contributed by atoms with Gasteiger partial charge in [0.25, 0.3) is 10.0 Å². The Labute approximate surface area is 117 Å². The molecule has 0 aliphatic rings. The van der Waals surface area contributed by atoms with Crippen LogP contribution in [-0.4, -0.2) is 8.42 Å². The molecule has 0 saturated carbocycles. The van der Waals surface area contributed by atoms with Crippen LogP contribution >= 0.6 is 15.9 Å². The summed E-state index contributed by atoms with van der Waals surface area (Å²) in [5, 5.41) is 0. The lowest BCUT2D eigenvalue weighted by molar-refractivity contribution is 0.568. The average molecular weight is 348 g/mol. The Morgan fingerprint density at radius 3 is 2.16 bits per heavy atom. The van der Waals surface area contributed by atoms with Gasteiger partial charge in [-0.05, 0) is 40.2 Å². The summed E-state index contributed by atoms with van der Waals surface area (Å²) in [6, 6.07) is 8.63. The summed E-state index contributed by atoms with van der Waals surface area (Å²) in [6.07, 6.45) is 0. The summed E-state index contributed by atoms with van der Waals surface area (Å²) < 4.78 is 52.8. The molecule has 0 radical (unpaired) electrons. The molecular formula is C12H8BrF2NO2S. The molecule has 2 rings (SSSR count). The molecule has 0 aromatic heterocycles. The molecule has 0 amide bonds. The minimum atomic E-state index is -4.04. The highest BCUT2D eigenvalue weighted by Crippen LogP contribution is 2.24. The zero-order valence-corrected chi connectivity index (χ0v) is 11.8. The first-order chi connectivity index (χ1) is 8.88. The normalized spacial score (nSPS) is 11.3. The van der Waals surface area contributed by atoms with Gasteiger partial charge in [0.1, 0.15) is 11.6 Å². The summed E-state index contributed by atoms with van der Waals surface area (Å²) in [5.41, 5.74) is 0.284. The molecule has 7 heteroatoms. The Kier molecular flexibility index (Phi) is 3.86. The monoisotopic (exact) mass is 347 g/mol. The van der Waals surface area contributed by atoms with Crippen molar-refractivity contribution in [2.24, 2.45) is 0 Å². The van der Waals surface area contributed by atoms with E-state index in [1.807, 2.05) is 0 Å². The van der Waals surface area contributed by atoms with Crippen molar-refractivity contribution in [3.05, 3.63) is 58.6 Å². The third kappa shape index (κ3) is 3.30. The van der Waals surface area contributed by atoms with Crippen LogP contribution in [0, 0.1) is 11.6 Å². The first-order valence-electron chi connectivity index (χ1n) is 5.12. The first-order valence-corrected chi connectivity index (χ1v) is 7.39. The van der Waals surface area contributed by atoms with Crippen LogP contribution < -0.4 is 4.72 Å². The summed E-state index contributed by atoms with van der Waals surface area (Å²) in [6.45, 7) is 0. The predicted octanol–water partition coefficient (Wildman–Crippen LogP) is 3.53. The van der Waals surface area contributed by atoms with Gasteiger partial charge in [-0.1, -0.05) is 12.1 Å². The molecule has 0 bridgehead atoms. The van der Waals surface area contributed by atoms with Gasteiger partial charge in [-0.2, -0.15) is 0 Å². The van der Waals surface area contributed by atoms with E-state index in [0.717, 1.165) is 12.1 Å². The number of anilines is 1. The predicted molar refractivity (Wildman–Crippen MR) is 71.3 cm³/mol. The maximum atomic E-state index is 13.0. The van der Waals surface area contributed by atoms with Gasteiger partial charge in [-0.3, -0.25) is 4.72 Å². The van der Waals surface area contributed by atoms with Crippen LogP contribution in [0.25, 0.3) is 0 Å². The molecule has 0 atom stereocenters. The van der Waals surface area contributed by atoms with Crippen LogP contribution in [-0.2, 0) is 10.0 Å². The van der Waals surface area contributed by atoms with Gasteiger partial charge in [0.2, 0.25) is 0 Å². The standard InChI is InChI=1S/C12H8BrF2NO2S/c13-11-3-1-2-4-12(11)16-19(17,18)10-6-8(14)5-9(15)7-10/h1-7,16H. The highest BCUT2D eigenvalue weighted by molar-refractivity contribution is 9.10. The number of halogens is 3. The lowest BCUT2D eigenvalue weighted by Gasteiger charge is -2.09. The molecule has 19 heavy (non-hydrogen) atoms. The van der Waals surface area contributed by atoms with Crippen LogP contribution in [0.3, 0.4) is 0 Å². The lowest BCUT2D eigenvalue weighted by atomic mass is 10.3. The van der Waals surface area contributed by atoms with Gasteiger partial charge < -0.3 is 0 Å². The molecule has 1 N–H and O–H groups in total. The average Bonchev–Trinajstić information content (AvgIpc) is 2.31. The van der Waals surface area contributed by atoms with Gasteiger partial charge >= 0.3 is 0 Å². The highest BCUT2D eigenvalue weighted by Gasteiger charge is 2.17. The summed E-state index contributed by atoms with van der Waals surface area (Å²) >= 11 is 3.18. The van der Waals surface area contributed by atoms with Crippen molar-refractivity contribution in [3.8, 4) is 0 Å². The van der Waals surface area contributed by atoms with Gasteiger partial charge in [0.05, 0.1) is 10.6 Å². The van der Waals surface area contributed by atoms with E-state index < -0.39 is 26.6 Å². The fraction of sp³-hybridized carbons (Fsp3) is 0. The van der Waals surface area contributed by atoms with Crippen LogP contribution in [0.2, 0.25) is 0 Å². The van der Waals surface area contributed by atoms with Crippen molar-refractivity contribution < 1.29 is 17.2 Å². The minimum absolute atomic E-state index is 0.284. The molecule has 0 fully saturated rings. The molecule has 2 aromatic carbocycles. The second-order valence-corrected chi connectivity index (χ2v) is 6.23. The minimum Gasteiger partial charge on any atom is -0.278 e. The third-order valence-electron chi connectivity index (χ3n) is 2.26. The van der Waals surface area contributed by atoms with Crippen molar-refractivity contribution in [3.63, 3.8) is 0 Å². The smallest absolute Gasteiger partial charge is 0.262 e. The van der Waals surface area contributed by atoms with E-state index in [-0.39, 0.29) is 5.69 Å². The van der Waals surface area contributed by atoms with E-state index in [4.69, 9.17) is 0 Å². The fourth-order valence-corrected chi connectivity index (χ4v) is 3.07. The molecule has 0 heterocycles. The van der Waals surface area contributed by atoms with Gasteiger partial charge in [-0.25, -0.2) is 17.2 Å². The van der Waals surface area contributed by atoms with Crippen LogP contribution in [0.5, 0.6) is 0 Å². The Morgan fingerprint density at radius 1 is 1.00 bits per heavy atom. The van der Waals surface area contributed by atoms with E-state index >= 15 is 0 Å². The topological polar surface area (TPSA) is 46.2 Å². The van der Waals surface area contributed by atoms with Gasteiger partial charge in [0, 0.05) is 10.5 Å². The number of hydrogen-bond donors (Lipinski definition) is 1. The number of rotatable bonds is 3. The van der Waals surface area contributed by atoms with Crippen LogP contribution in [0.4, 0.5) is 14.5 Å². The quantitative estimate of drug-likeness (QED) is 0.923. The fourth-order valence-electron chi connectivity index (χ4n) is 1.43. The second-order valence-electron chi connectivity index (χ2n) is 3.69. The molecule has 2 aromatic rings. The van der Waals surface area contributed by atoms with E-state index in [1.54, 1.807) is 18.2 Å². The van der Waals surface area contributed by atoms with Crippen molar-refractivity contribution >= 4 is 31.6 Å². The summed E-state index contributed by atoms with van der Waals surface area (Å²) in [4.78, 5) is -0.472. The third-order valence-corrected chi connectivity index (χ3v) is 4.30. The first kappa shape index (κ1) is 14.0. The van der Waals surface area contributed by atoms with Crippen LogP contribution in [0.1, 0.15) is 0 Å². The summed E-state index contributed by atoms with van der Waals surface area (Å²) in [7, 11) is -4.04. The SMILES string of the molecule is O=S(=O)(Nc1ccccc1Br)c1cc(F)cc(F)c1. The number of nitrogens with one attached hydrogen (secondary N) is 1. The number of benzene rings is 2. The van der Waals surface area contributed by atoms with Crippen molar-refractivity contribution in [1.82, 2.24) is 0 Å². The Morgan fingerprint density at radius 2 is 1.58 bits per heavy atom. The van der Waals surface area contributed by atoms with E-state index in [0.29, 0.717) is 10.5 Å². The molecule has 0 aliphatic heterocycles. The summed E-state index contributed by atoms with van der Waals surface area (Å²) in [5.74, 6) is -1.90. The zero-order valence-electron chi connectivity index (χ0n) is 9.40. The highest BCUT2D eigenvalue weighted by atomic mass is 79.9. The maximum absolute atomic E-state index is 13.0. The van der Waals surface area contributed by atoms with E-state index in [9.17, 15) is 17.2 Å². The molecule has 0 aliphatic carbocycles. The Hall–Kier alpha value is -1.47. The van der Waals surface area contributed by atoms with Crippen molar-refractivity contribution in [2.45, 2.75) is 4.90 Å². The van der Waals surface area contributed by atoms with E-state index in [1.165, 1.54) is 6.07 Å². The zero-order chi connectivity index (χ0) is 14.0. The molecule has 0 saturated heterocycles. The Bertz CT molecular complexity index is 699. The van der Waals surface area contributed by atoms with Gasteiger partial charge in [-0.15, -0.1) is 0 Å². The van der Waals surface area contributed by atoms with Gasteiger partial charge in [0.15, 0.2) is 0 Å². The Balaban J connectivity index is 2.41. The van der Waals surface area contributed by atoms with E-state index in [2.05, 4.69) is 20.7 Å². The second kappa shape index (κ2) is 5.26.